The lowest BCUT2D eigenvalue weighted by molar-refractivity contribution is -0.146. The summed E-state index contributed by atoms with van der Waals surface area (Å²) in [7, 11) is 0. The summed E-state index contributed by atoms with van der Waals surface area (Å²) < 4.78 is 0.959. The van der Waals surface area contributed by atoms with Gasteiger partial charge in [0, 0.05) is 4.47 Å². The Morgan fingerprint density at radius 1 is 1.35 bits per heavy atom. The lowest BCUT2D eigenvalue weighted by Gasteiger charge is -2.20. The molecule has 3 atom stereocenters. The van der Waals surface area contributed by atoms with Crippen molar-refractivity contribution in [3.05, 3.63) is 34.3 Å². The van der Waals surface area contributed by atoms with Crippen LogP contribution in [0.15, 0.2) is 28.7 Å². The average molecular weight is 340 g/mol. The molecule has 4 nitrogen and oxygen atoms in total. The highest BCUT2D eigenvalue weighted by Crippen LogP contribution is 2.32. The first-order valence-electron chi connectivity index (χ1n) is 6.77. The molecule has 1 aliphatic carbocycles. The molecule has 1 aliphatic rings. The number of aliphatic carboxylic acids is 1. The van der Waals surface area contributed by atoms with Crippen molar-refractivity contribution in [1.29, 1.82) is 0 Å². The molecular weight excluding hydrogens is 322 g/mol. The molecule has 0 aromatic heterocycles. The summed E-state index contributed by atoms with van der Waals surface area (Å²) in [6.07, 6.45) is 2.06. The van der Waals surface area contributed by atoms with E-state index in [-0.39, 0.29) is 11.9 Å². The topological polar surface area (TPSA) is 66.4 Å². The van der Waals surface area contributed by atoms with E-state index in [2.05, 4.69) is 21.2 Å². The first-order chi connectivity index (χ1) is 9.49. The Bertz CT molecular complexity index is 518. The first kappa shape index (κ1) is 15.0. The summed E-state index contributed by atoms with van der Waals surface area (Å²) in [5.41, 5.74) is 0.998. The van der Waals surface area contributed by atoms with Gasteiger partial charge in [-0.3, -0.25) is 9.59 Å². The summed E-state index contributed by atoms with van der Waals surface area (Å²) in [6, 6.07) is 7.61. The molecule has 20 heavy (non-hydrogen) atoms. The molecular formula is C15H18BrNO3. The molecule has 0 radical (unpaired) electrons. The molecule has 2 unspecified atom stereocenters. The lowest BCUT2D eigenvalue weighted by atomic mass is 9.94. The van der Waals surface area contributed by atoms with E-state index in [4.69, 9.17) is 5.11 Å². The van der Waals surface area contributed by atoms with Crippen molar-refractivity contribution >= 4 is 27.8 Å². The van der Waals surface area contributed by atoms with E-state index in [0.29, 0.717) is 12.8 Å². The number of nitrogens with one attached hydrogen (secondary N) is 1. The van der Waals surface area contributed by atoms with Gasteiger partial charge < -0.3 is 10.4 Å². The summed E-state index contributed by atoms with van der Waals surface area (Å²) in [5.74, 6) is -1.95. The van der Waals surface area contributed by atoms with E-state index in [0.717, 1.165) is 16.5 Å². The molecule has 108 valence electrons. The summed E-state index contributed by atoms with van der Waals surface area (Å²) >= 11 is 3.40. The maximum atomic E-state index is 12.2. The molecule has 2 N–H and O–H groups in total. The summed E-state index contributed by atoms with van der Waals surface area (Å²) in [4.78, 5) is 23.4. The van der Waals surface area contributed by atoms with Crippen LogP contribution in [0.4, 0.5) is 0 Å². The molecule has 5 heteroatoms. The predicted molar refractivity (Wildman–Crippen MR) is 79.2 cm³/mol. The van der Waals surface area contributed by atoms with Crippen molar-refractivity contribution in [2.24, 2.45) is 11.8 Å². The number of amides is 1. The van der Waals surface area contributed by atoms with Crippen LogP contribution in [0.25, 0.3) is 0 Å². The van der Waals surface area contributed by atoms with Gasteiger partial charge in [0.25, 0.3) is 0 Å². The van der Waals surface area contributed by atoms with E-state index in [1.165, 1.54) is 0 Å². The Balaban J connectivity index is 2.02. The van der Waals surface area contributed by atoms with Crippen molar-refractivity contribution < 1.29 is 14.7 Å². The molecule has 1 fully saturated rings. The maximum Gasteiger partial charge on any atom is 0.307 e. The van der Waals surface area contributed by atoms with Gasteiger partial charge in [-0.15, -0.1) is 0 Å². The number of carboxylic acids is 1. The number of rotatable bonds is 4. The predicted octanol–water partition coefficient (Wildman–Crippen LogP) is 3.13. The Morgan fingerprint density at radius 3 is 2.70 bits per heavy atom. The molecule has 2 rings (SSSR count). The van der Waals surface area contributed by atoms with Gasteiger partial charge in [0.2, 0.25) is 5.91 Å². The molecule has 1 aromatic carbocycles. The molecule has 0 aliphatic heterocycles. The Morgan fingerprint density at radius 2 is 2.05 bits per heavy atom. The van der Waals surface area contributed by atoms with Gasteiger partial charge in [-0.25, -0.2) is 0 Å². The van der Waals surface area contributed by atoms with Crippen molar-refractivity contribution in [3.63, 3.8) is 0 Å². The van der Waals surface area contributed by atoms with Gasteiger partial charge in [-0.1, -0.05) is 34.5 Å². The van der Waals surface area contributed by atoms with Crippen LogP contribution < -0.4 is 5.32 Å². The zero-order valence-electron chi connectivity index (χ0n) is 11.3. The van der Waals surface area contributed by atoms with Gasteiger partial charge in [0.1, 0.15) is 0 Å². The number of benzene rings is 1. The second-order valence-electron chi connectivity index (χ2n) is 5.27. The van der Waals surface area contributed by atoms with E-state index in [1.54, 1.807) is 0 Å². The molecule has 0 saturated heterocycles. The SMILES string of the molecule is C[C@H](NC(=O)C1CCCC1C(=O)O)c1cccc(Br)c1. The lowest BCUT2D eigenvalue weighted by Crippen LogP contribution is -2.36. The van der Waals surface area contributed by atoms with Crippen LogP contribution in [0.2, 0.25) is 0 Å². The highest BCUT2D eigenvalue weighted by molar-refractivity contribution is 9.10. The number of hydrogen-bond acceptors (Lipinski definition) is 2. The Kier molecular flexibility index (Phi) is 4.81. The minimum atomic E-state index is -0.863. The van der Waals surface area contributed by atoms with Crippen molar-refractivity contribution in [3.8, 4) is 0 Å². The Hall–Kier alpha value is -1.36. The third-order valence-electron chi connectivity index (χ3n) is 3.88. The van der Waals surface area contributed by atoms with Gasteiger partial charge in [-0.05, 0) is 37.5 Å². The second kappa shape index (κ2) is 6.39. The van der Waals surface area contributed by atoms with Gasteiger partial charge in [0.15, 0.2) is 0 Å². The summed E-state index contributed by atoms with van der Waals surface area (Å²) in [5, 5.41) is 12.1. The number of hydrogen-bond donors (Lipinski definition) is 2. The molecule has 1 amide bonds. The third-order valence-corrected chi connectivity index (χ3v) is 4.37. The maximum absolute atomic E-state index is 12.2. The summed E-state index contributed by atoms with van der Waals surface area (Å²) in [6.45, 7) is 1.91. The van der Waals surface area contributed by atoms with Crippen LogP contribution in [0.5, 0.6) is 0 Å². The minimum Gasteiger partial charge on any atom is -0.481 e. The Labute approximate surface area is 126 Å². The molecule has 1 aromatic rings. The van der Waals surface area contributed by atoms with Crippen LogP contribution in [-0.4, -0.2) is 17.0 Å². The van der Waals surface area contributed by atoms with Crippen LogP contribution in [-0.2, 0) is 9.59 Å². The first-order valence-corrected chi connectivity index (χ1v) is 7.57. The van der Waals surface area contributed by atoms with E-state index >= 15 is 0 Å². The van der Waals surface area contributed by atoms with E-state index in [1.807, 2.05) is 31.2 Å². The van der Waals surface area contributed by atoms with Gasteiger partial charge in [0.05, 0.1) is 17.9 Å². The highest BCUT2D eigenvalue weighted by Gasteiger charge is 2.38. The second-order valence-corrected chi connectivity index (χ2v) is 6.18. The molecule has 0 bridgehead atoms. The molecule has 0 heterocycles. The van der Waals surface area contributed by atoms with Gasteiger partial charge >= 0.3 is 5.97 Å². The van der Waals surface area contributed by atoms with E-state index < -0.39 is 17.8 Å². The van der Waals surface area contributed by atoms with E-state index in [9.17, 15) is 9.59 Å². The average Bonchev–Trinajstić information content (AvgIpc) is 2.88. The third kappa shape index (κ3) is 3.39. The quantitative estimate of drug-likeness (QED) is 0.885. The monoisotopic (exact) mass is 339 g/mol. The smallest absolute Gasteiger partial charge is 0.307 e. The zero-order valence-corrected chi connectivity index (χ0v) is 12.9. The fourth-order valence-corrected chi connectivity index (χ4v) is 3.17. The minimum absolute atomic E-state index is 0.130. The van der Waals surface area contributed by atoms with Gasteiger partial charge in [-0.2, -0.15) is 0 Å². The number of carboxylic acid groups (broad SMARTS) is 1. The highest BCUT2D eigenvalue weighted by atomic mass is 79.9. The van der Waals surface area contributed by atoms with Crippen LogP contribution in [0, 0.1) is 11.8 Å². The van der Waals surface area contributed by atoms with Crippen LogP contribution >= 0.6 is 15.9 Å². The largest absolute Gasteiger partial charge is 0.481 e. The standard InChI is InChI=1S/C15H18BrNO3/c1-9(10-4-2-5-11(16)8-10)17-14(18)12-6-3-7-13(12)15(19)20/h2,4-5,8-9,12-13H,3,6-7H2,1H3,(H,17,18)(H,19,20)/t9-,12?,13?/m0/s1. The molecule has 0 spiro atoms. The van der Waals surface area contributed by atoms with Crippen molar-refractivity contribution in [2.45, 2.75) is 32.2 Å². The number of halogens is 1. The fraction of sp³-hybridized carbons (Fsp3) is 0.467. The molecule has 1 saturated carbocycles. The van der Waals surface area contributed by atoms with Crippen molar-refractivity contribution in [1.82, 2.24) is 5.32 Å². The van der Waals surface area contributed by atoms with Crippen LogP contribution in [0.1, 0.15) is 37.8 Å². The fourth-order valence-electron chi connectivity index (χ4n) is 2.75. The number of carbonyl (C=O) groups is 2. The normalized spacial score (nSPS) is 23.3. The van der Waals surface area contributed by atoms with Crippen LogP contribution in [0.3, 0.4) is 0 Å². The number of carbonyl (C=O) groups excluding carboxylic acids is 1. The van der Waals surface area contributed by atoms with Crippen molar-refractivity contribution in [2.75, 3.05) is 0 Å². The zero-order chi connectivity index (χ0) is 14.7.